The van der Waals surface area contributed by atoms with E-state index < -0.39 is 5.60 Å². The molecule has 110 valence electrons. The van der Waals surface area contributed by atoms with Crippen molar-refractivity contribution in [2.75, 3.05) is 26.8 Å². The van der Waals surface area contributed by atoms with Gasteiger partial charge in [-0.2, -0.15) is 0 Å². The molecular formula is C14H26N2O2S. The second-order valence-electron chi connectivity index (χ2n) is 6.22. The van der Waals surface area contributed by atoms with Crippen LogP contribution in [0.1, 0.15) is 38.4 Å². The van der Waals surface area contributed by atoms with E-state index in [-0.39, 0.29) is 5.41 Å². The van der Waals surface area contributed by atoms with Crippen LogP contribution in [0.5, 0.6) is 0 Å². The second kappa shape index (κ2) is 6.79. The summed E-state index contributed by atoms with van der Waals surface area (Å²) in [5.74, 6) is 0. The summed E-state index contributed by atoms with van der Waals surface area (Å²) in [6, 6.07) is 0. The van der Waals surface area contributed by atoms with Crippen LogP contribution in [0, 0.1) is 0 Å². The van der Waals surface area contributed by atoms with Crippen molar-refractivity contribution in [1.29, 1.82) is 0 Å². The fourth-order valence-corrected chi connectivity index (χ4v) is 2.86. The Kier molecular flexibility index (Phi) is 5.92. The van der Waals surface area contributed by atoms with Crippen molar-refractivity contribution >= 4 is 11.3 Å². The Morgan fingerprint density at radius 1 is 1.37 bits per heavy atom. The van der Waals surface area contributed by atoms with Gasteiger partial charge in [-0.25, -0.2) is 4.98 Å². The molecule has 0 saturated carbocycles. The van der Waals surface area contributed by atoms with Crippen molar-refractivity contribution < 1.29 is 9.84 Å². The smallest absolute Gasteiger partial charge is 0.0957 e. The van der Waals surface area contributed by atoms with Crippen molar-refractivity contribution in [2.24, 2.45) is 0 Å². The van der Waals surface area contributed by atoms with Gasteiger partial charge in [-0.15, -0.1) is 11.3 Å². The van der Waals surface area contributed by atoms with Crippen LogP contribution in [0.2, 0.25) is 0 Å². The number of nitrogens with zero attached hydrogens (tertiary/aromatic N) is 1. The van der Waals surface area contributed by atoms with Gasteiger partial charge in [-0.3, -0.25) is 0 Å². The summed E-state index contributed by atoms with van der Waals surface area (Å²) in [6.45, 7) is 10.2. The van der Waals surface area contributed by atoms with Crippen LogP contribution in [0.15, 0.2) is 5.38 Å². The van der Waals surface area contributed by atoms with Crippen molar-refractivity contribution in [3.8, 4) is 0 Å². The molecule has 0 aliphatic rings. The van der Waals surface area contributed by atoms with E-state index in [0.29, 0.717) is 19.6 Å². The number of aliphatic hydroxyl groups is 1. The number of thiazole rings is 1. The van der Waals surface area contributed by atoms with Crippen molar-refractivity contribution in [2.45, 2.75) is 45.1 Å². The molecule has 0 aliphatic carbocycles. The number of hydrogen-bond donors (Lipinski definition) is 2. The molecule has 1 unspecified atom stereocenters. The van der Waals surface area contributed by atoms with Gasteiger partial charge in [0.2, 0.25) is 0 Å². The topological polar surface area (TPSA) is 54.4 Å². The van der Waals surface area contributed by atoms with Crippen LogP contribution in [0.25, 0.3) is 0 Å². The summed E-state index contributed by atoms with van der Waals surface area (Å²) in [7, 11) is 1.67. The highest BCUT2D eigenvalue weighted by atomic mass is 32.1. The van der Waals surface area contributed by atoms with Gasteiger partial charge in [-0.1, -0.05) is 20.8 Å². The minimum absolute atomic E-state index is 0.0668. The van der Waals surface area contributed by atoms with Crippen LogP contribution in [-0.2, 0) is 16.6 Å². The highest BCUT2D eigenvalue weighted by Crippen LogP contribution is 2.25. The molecule has 1 aromatic heterocycles. The molecule has 4 nitrogen and oxygen atoms in total. The molecule has 1 atom stereocenters. The lowest BCUT2D eigenvalue weighted by molar-refractivity contribution is 0.0580. The molecule has 0 bridgehead atoms. The maximum Gasteiger partial charge on any atom is 0.0957 e. The Morgan fingerprint density at radius 3 is 2.58 bits per heavy atom. The van der Waals surface area contributed by atoms with E-state index in [4.69, 9.17) is 4.74 Å². The first kappa shape index (κ1) is 16.6. The van der Waals surface area contributed by atoms with Gasteiger partial charge in [0.05, 0.1) is 22.9 Å². The van der Waals surface area contributed by atoms with E-state index in [1.54, 1.807) is 18.4 Å². The molecule has 2 N–H and O–H groups in total. The lowest BCUT2D eigenvalue weighted by atomic mass is 9.93. The molecule has 0 saturated heterocycles. The van der Waals surface area contributed by atoms with E-state index >= 15 is 0 Å². The average Bonchev–Trinajstić information content (AvgIpc) is 2.72. The Morgan fingerprint density at radius 2 is 2.05 bits per heavy atom. The predicted molar refractivity (Wildman–Crippen MR) is 79.9 cm³/mol. The van der Waals surface area contributed by atoms with Crippen LogP contribution in [0.4, 0.5) is 0 Å². The third kappa shape index (κ3) is 5.99. The number of methoxy groups -OCH3 is 1. The lowest BCUT2D eigenvalue weighted by Crippen LogP contribution is -2.40. The van der Waals surface area contributed by atoms with Crippen LogP contribution in [-0.4, -0.2) is 42.5 Å². The third-order valence-corrected chi connectivity index (χ3v) is 3.69. The maximum atomic E-state index is 10.3. The van der Waals surface area contributed by atoms with E-state index in [1.165, 1.54) is 0 Å². The van der Waals surface area contributed by atoms with Crippen LogP contribution < -0.4 is 5.32 Å². The molecule has 0 aromatic carbocycles. The Labute approximate surface area is 120 Å². The molecular weight excluding hydrogens is 260 g/mol. The minimum atomic E-state index is -0.777. The number of ether oxygens (including phenoxy) is 1. The largest absolute Gasteiger partial charge is 0.388 e. The first-order valence-corrected chi connectivity index (χ1v) is 7.49. The van der Waals surface area contributed by atoms with Gasteiger partial charge >= 0.3 is 0 Å². The van der Waals surface area contributed by atoms with E-state index in [9.17, 15) is 5.11 Å². The van der Waals surface area contributed by atoms with Crippen molar-refractivity contribution in [1.82, 2.24) is 10.3 Å². The second-order valence-corrected chi connectivity index (χ2v) is 7.16. The summed E-state index contributed by atoms with van der Waals surface area (Å²) in [6.07, 6.45) is 0.577. The molecule has 0 radical (unpaired) electrons. The van der Waals surface area contributed by atoms with Gasteiger partial charge in [-0.05, 0) is 6.92 Å². The van der Waals surface area contributed by atoms with E-state index in [0.717, 1.165) is 17.2 Å². The molecule has 1 rings (SSSR count). The molecule has 1 aromatic rings. The lowest BCUT2D eigenvalue weighted by Gasteiger charge is -2.22. The van der Waals surface area contributed by atoms with Crippen LogP contribution in [0.3, 0.4) is 0 Å². The number of aromatic nitrogens is 1. The third-order valence-electron chi connectivity index (χ3n) is 2.84. The Balaban J connectivity index is 2.50. The average molecular weight is 286 g/mol. The Hall–Kier alpha value is -0.490. The standard InChI is InChI=1S/C14H26N2O2S/c1-13(2,3)11-9-19-12(16-11)8-14(4,17)10-15-6-7-18-5/h9,15,17H,6-8,10H2,1-5H3. The fraction of sp³-hybridized carbons (Fsp3) is 0.786. The van der Waals surface area contributed by atoms with Gasteiger partial charge in [0.1, 0.15) is 0 Å². The van der Waals surface area contributed by atoms with Gasteiger partial charge in [0.15, 0.2) is 0 Å². The van der Waals surface area contributed by atoms with Gasteiger partial charge < -0.3 is 15.2 Å². The first-order chi connectivity index (χ1) is 8.74. The zero-order chi connectivity index (χ0) is 14.5. The summed E-state index contributed by atoms with van der Waals surface area (Å²) in [4.78, 5) is 4.62. The van der Waals surface area contributed by atoms with Gasteiger partial charge in [0, 0.05) is 37.4 Å². The first-order valence-electron chi connectivity index (χ1n) is 6.61. The van der Waals surface area contributed by atoms with Crippen LogP contribution >= 0.6 is 11.3 Å². The highest BCUT2D eigenvalue weighted by molar-refractivity contribution is 7.09. The zero-order valence-corrected chi connectivity index (χ0v) is 13.4. The molecule has 5 heteroatoms. The molecule has 0 spiro atoms. The SMILES string of the molecule is COCCNCC(C)(O)Cc1nc(C(C)(C)C)cs1. The number of nitrogens with one attached hydrogen (secondary N) is 1. The minimum Gasteiger partial charge on any atom is -0.388 e. The molecule has 0 fully saturated rings. The predicted octanol–water partition coefficient (Wildman–Crippen LogP) is 1.97. The summed E-state index contributed by atoms with van der Waals surface area (Å²) in [5, 5.41) is 16.6. The highest BCUT2D eigenvalue weighted by Gasteiger charge is 2.24. The van der Waals surface area contributed by atoms with E-state index in [1.807, 2.05) is 6.92 Å². The molecule has 19 heavy (non-hydrogen) atoms. The Bertz CT molecular complexity index is 383. The van der Waals surface area contributed by atoms with E-state index in [2.05, 4.69) is 36.5 Å². The normalized spacial score (nSPS) is 15.5. The molecule has 0 amide bonds. The van der Waals surface area contributed by atoms with Crippen molar-refractivity contribution in [3.05, 3.63) is 16.1 Å². The summed E-state index contributed by atoms with van der Waals surface area (Å²) in [5.41, 5.74) is 0.383. The molecule has 1 heterocycles. The molecule has 0 aliphatic heterocycles. The number of hydrogen-bond acceptors (Lipinski definition) is 5. The number of rotatable bonds is 7. The zero-order valence-electron chi connectivity index (χ0n) is 12.6. The maximum absolute atomic E-state index is 10.3. The van der Waals surface area contributed by atoms with Crippen molar-refractivity contribution in [3.63, 3.8) is 0 Å². The summed E-state index contributed by atoms with van der Waals surface area (Å²) < 4.78 is 4.96. The monoisotopic (exact) mass is 286 g/mol. The van der Waals surface area contributed by atoms with Gasteiger partial charge in [0.25, 0.3) is 0 Å². The summed E-state index contributed by atoms with van der Waals surface area (Å²) >= 11 is 1.62. The quantitative estimate of drug-likeness (QED) is 0.753. The fourth-order valence-electron chi connectivity index (χ4n) is 1.66.